The minimum Gasteiger partial charge on any atom is -0.490 e. The number of amides is 1. The fourth-order valence-corrected chi connectivity index (χ4v) is 2.39. The number of benzene rings is 2. The Morgan fingerprint density at radius 1 is 1.07 bits per heavy atom. The number of hydrazone groups is 1. The van der Waals surface area contributed by atoms with E-state index in [0.717, 1.165) is 5.56 Å². The first kappa shape index (κ1) is 21.7. The first-order chi connectivity index (χ1) is 13.9. The lowest BCUT2D eigenvalue weighted by Gasteiger charge is -2.11. The molecule has 154 valence electrons. The Balaban J connectivity index is 1.95. The fourth-order valence-electron chi connectivity index (χ4n) is 2.39. The highest BCUT2D eigenvalue weighted by molar-refractivity contribution is 5.83. The zero-order valence-electron chi connectivity index (χ0n) is 16.5. The van der Waals surface area contributed by atoms with Gasteiger partial charge in [-0.05, 0) is 56.2 Å². The summed E-state index contributed by atoms with van der Waals surface area (Å²) in [6, 6.07) is 9.79. The quantitative estimate of drug-likeness (QED) is 0.372. The third kappa shape index (κ3) is 6.49. The maximum atomic E-state index is 11.9. The van der Waals surface area contributed by atoms with Gasteiger partial charge in [-0.15, -0.1) is 0 Å². The summed E-state index contributed by atoms with van der Waals surface area (Å²) < 4.78 is 16.3. The van der Waals surface area contributed by atoms with Crippen molar-refractivity contribution >= 4 is 17.8 Å². The lowest BCUT2D eigenvalue weighted by atomic mass is 10.2. The van der Waals surface area contributed by atoms with Crippen molar-refractivity contribution in [2.45, 2.75) is 20.8 Å². The number of rotatable bonds is 10. The maximum absolute atomic E-state index is 11.9. The Morgan fingerprint density at radius 2 is 1.76 bits per heavy atom. The van der Waals surface area contributed by atoms with Crippen LogP contribution in [0.4, 0.5) is 5.69 Å². The van der Waals surface area contributed by atoms with Crippen molar-refractivity contribution in [2.24, 2.45) is 5.10 Å². The van der Waals surface area contributed by atoms with Gasteiger partial charge in [0.25, 0.3) is 5.91 Å². The van der Waals surface area contributed by atoms with E-state index in [1.807, 2.05) is 13.8 Å². The van der Waals surface area contributed by atoms with Crippen molar-refractivity contribution in [1.29, 1.82) is 0 Å². The largest absolute Gasteiger partial charge is 0.490 e. The van der Waals surface area contributed by atoms with Crippen LogP contribution in [0.5, 0.6) is 17.2 Å². The van der Waals surface area contributed by atoms with Crippen molar-refractivity contribution in [3.05, 3.63) is 57.6 Å². The van der Waals surface area contributed by atoms with Gasteiger partial charge in [-0.3, -0.25) is 14.9 Å². The molecule has 1 amide bonds. The average molecular weight is 401 g/mol. The molecular formula is C20H23N3O6. The normalized spacial score (nSPS) is 10.6. The number of nitrogens with zero attached hydrogens (tertiary/aromatic N) is 2. The van der Waals surface area contributed by atoms with Gasteiger partial charge in [0.05, 0.1) is 24.4 Å². The zero-order valence-corrected chi connectivity index (χ0v) is 16.5. The number of hydrogen-bond acceptors (Lipinski definition) is 7. The second-order valence-corrected chi connectivity index (χ2v) is 5.88. The van der Waals surface area contributed by atoms with Gasteiger partial charge in [-0.25, -0.2) is 5.43 Å². The molecule has 9 heteroatoms. The average Bonchev–Trinajstić information content (AvgIpc) is 2.69. The molecule has 0 unspecified atom stereocenters. The highest BCUT2D eigenvalue weighted by Crippen LogP contribution is 2.28. The van der Waals surface area contributed by atoms with Crippen molar-refractivity contribution in [3.63, 3.8) is 0 Å². The Morgan fingerprint density at radius 3 is 2.45 bits per heavy atom. The summed E-state index contributed by atoms with van der Waals surface area (Å²) in [5.41, 5.74) is 3.54. The smallest absolute Gasteiger partial charge is 0.311 e. The second kappa shape index (κ2) is 10.6. The molecule has 0 saturated heterocycles. The van der Waals surface area contributed by atoms with Crippen LogP contribution in [-0.2, 0) is 4.79 Å². The van der Waals surface area contributed by atoms with E-state index in [4.69, 9.17) is 14.2 Å². The van der Waals surface area contributed by atoms with Gasteiger partial charge in [0.15, 0.2) is 23.9 Å². The highest BCUT2D eigenvalue weighted by Gasteiger charge is 2.16. The molecule has 0 saturated carbocycles. The molecule has 0 bridgehead atoms. The summed E-state index contributed by atoms with van der Waals surface area (Å²) in [6.07, 6.45) is 1.45. The van der Waals surface area contributed by atoms with Crippen LogP contribution in [0.1, 0.15) is 25.0 Å². The van der Waals surface area contributed by atoms with Crippen molar-refractivity contribution in [1.82, 2.24) is 5.43 Å². The van der Waals surface area contributed by atoms with Gasteiger partial charge in [-0.2, -0.15) is 5.10 Å². The molecule has 0 heterocycles. The van der Waals surface area contributed by atoms with Gasteiger partial charge in [0, 0.05) is 6.07 Å². The number of nitrogens with one attached hydrogen (secondary N) is 1. The van der Waals surface area contributed by atoms with E-state index in [0.29, 0.717) is 30.3 Å². The van der Waals surface area contributed by atoms with Crippen LogP contribution in [-0.4, -0.2) is 36.9 Å². The van der Waals surface area contributed by atoms with Crippen molar-refractivity contribution in [2.75, 3.05) is 19.8 Å². The molecule has 2 aromatic rings. The third-order valence-corrected chi connectivity index (χ3v) is 3.64. The Kier molecular flexibility index (Phi) is 7.96. The molecule has 0 radical (unpaired) electrons. The zero-order chi connectivity index (χ0) is 21.2. The maximum Gasteiger partial charge on any atom is 0.311 e. The van der Waals surface area contributed by atoms with Crippen LogP contribution in [0.3, 0.4) is 0 Å². The van der Waals surface area contributed by atoms with Gasteiger partial charge in [0.2, 0.25) is 0 Å². The Hall–Kier alpha value is -3.62. The summed E-state index contributed by atoms with van der Waals surface area (Å²) in [6.45, 7) is 6.08. The molecule has 0 aliphatic rings. The third-order valence-electron chi connectivity index (χ3n) is 3.64. The number of aryl methyl sites for hydroxylation is 1. The van der Waals surface area contributed by atoms with Gasteiger partial charge in [-0.1, -0.05) is 6.07 Å². The molecule has 0 atom stereocenters. The summed E-state index contributed by atoms with van der Waals surface area (Å²) in [4.78, 5) is 22.4. The molecule has 2 aromatic carbocycles. The number of hydrogen-bond donors (Lipinski definition) is 1. The molecule has 2 rings (SSSR count). The molecule has 29 heavy (non-hydrogen) atoms. The van der Waals surface area contributed by atoms with Crippen LogP contribution >= 0.6 is 0 Å². The van der Waals surface area contributed by atoms with Gasteiger partial charge < -0.3 is 14.2 Å². The standard InChI is InChI=1S/C20H23N3O6/c1-4-27-18-9-7-15(11-19(18)28-5-2)12-21-22-20(24)13-29-17-8-6-14(3)10-16(17)23(25)26/h6-12H,4-5,13H2,1-3H3,(H,22,24)/b21-12-. The van der Waals surface area contributed by atoms with Crippen LogP contribution in [0.2, 0.25) is 0 Å². The van der Waals surface area contributed by atoms with E-state index >= 15 is 0 Å². The van der Waals surface area contributed by atoms with Crippen molar-refractivity contribution in [3.8, 4) is 17.2 Å². The molecule has 0 aromatic heterocycles. The lowest BCUT2D eigenvalue weighted by Crippen LogP contribution is -2.24. The van der Waals surface area contributed by atoms with E-state index in [1.54, 1.807) is 31.2 Å². The molecule has 0 spiro atoms. The first-order valence-corrected chi connectivity index (χ1v) is 9.04. The summed E-state index contributed by atoms with van der Waals surface area (Å²) in [5.74, 6) is 0.683. The van der Waals surface area contributed by atoms with E-state index < -0.39 is 17.4 Å². The van der Waals surface area contributed by atoms with Crippen LogP contribution in [0.25, 0.3) is 0 Å². The highest BCUT2D eigenvalue weighted by atomic mass is 16.6. The number of ether oxygens (including phenoxy) is 3. The minimum absolute atomic E-state index is 0.0209. The minimum atomic E-state index is -0.555. The predicted molar refractivity (Wildman–Crippen MR) is 108 cm³/mol. The number of carbonyl (C=O) groups excluding carboxylic acids is 1. The molecule has 1 N–H and O–H groups in total. The van der Waals surface area contributed by atoms with E-state index in [-0.39, 0.29) is 11.4 Å². The molecular weight excluding hydrogens is 378 g/mol. The SMILES string of the molecule is CCOc1ccc(/C=N\NC(=O)COc2ccc(C)cc2[N+](=O)[O-])cc1OCC. The van der Waals surface area contributed by atoms with E-state index in [9.17, 15) is 14.9 Å². The first-order valence-electron chi connectivity index (χ1n) is 9.04. The van der Waals surface area contributed by atoms with E-state index in [1.165, 1.54) is 18.3 Å². The Bertz CT molecular complexity index is 898. The van der Waals surface area contributed by atoms with Crippen molar-refractivity contribution < 1.29 is 23.9 Å². The molecule has 9 nitrogen and oxygen atoms in total. The van der Waals surface area contributed by atoms with Crippen LogP contribution < -0.4 is 19.6 Å². The lowest BCUT2D eigenvalue weighted by molar-refractivity contribution is -0.385. The molecule has 0 aliphatic carbocycles. The van der Waals surface area contributed by atoms with Gasteiger partial charge in [0.1, 0.15) is 0 Å². The topological polar surface area (TPSA) is 112 Å². The predicted octanol–water partition coefficient (Wildman–Crippen LogP) is 3.23. The molecule has 0 fully saturated rings. The second-order valence-electron chi connectivity index (χ2n) is 5.88. The number of nitro groups is 1. The molecule has 0 aliphatic heterocycles. The summed E-state index contributed by atoms with van der Waals surface area (Å²) in [7, 11) is 0. The number of nitro benzene ring substituents is 1. The monoisotopic (exact) mass is 401 g/mol. The fraction of sp³-hybridized carbons (Fsp3) is 0.300. The van der Waals surface area contributed by atoms with Gasteiger partial charge >= 0.3 is 5.69 Å². The van der Waals surface area contributed by atoms with Crippen LogP contribution in [0.15, 0.2) is 41.5 Å². The number of carbonyl (C=O) groups is 1. The summed E-state index contributed by atoms with van der Waals surface area (Å²) in [5, 5.41) is 14.9. The summed E-state index contributed by atoms with van der Waals surface area (Å²) >= 11 is 0. The van der Waals surface area contributed by atoms with E-state index in [2.05, 4.69) is 10.5 Å². The Labute approximate surface area is 168 Å². The van der Waals surface area contributed by atoms with Crippen LogP contribution in [0, 0.1) is 17.0 Å².